The van der Waals surface area contributed by atoms with E-state index in [1.807, 2.05) is 13.8 Å². The Bertz CT molecular complexity index is 353. The predicted molar refractivity (Wildman–Crippen MR) is 96.8 cm³/mol. The van der Waals surface area contributed by atoms with Gasteiger partial charge >= 0.3 is 6.18 Å². The molecule has 5 nitrogen and oxygen atoms in total. The molecule has 10 heteroatoms. The fourth-order valence-corrected chi connectivity index (χ4v) is 2.52. The molecule has 1 atom stereocenters. The van der Waals surface area contributed by atoms with Gasteiger partial charge in [-0.2, -0.15) is 13.2 Å². The third-order valence-electron chi connectivity index (χ3n) is 4.02. The second-order valence-electron chi connectivity index (χ2n) is 5.70. The van der Waals surface area contributed by atoms with Crippen LogP contribution in [0.15, 0.2) is 0 Å². The van der Waals surface area contributed by atoms with Gasteiger partial charge in [0.05, 0.1) is 19.6 Å². The summed E-state index contributed by atoms with van der Waals surface area (Å²) in [4.78, 5) is 15.8. The third kappa shape index (κ3) is 11.9. The molecule has 1 aliphatic rings. The minimum atomic E-state index is -4.25. The molecule has 0 aliphatic carbocycles. The number of carbonyl (C=O) groups is 1. The topological polar surface area (TPSA) is 44.8 Å². The van der Waals surface area contributed by atoms with E-state index in [-0.39, 0.29) is 49.7 Å². The quantitative estimate of drug-likeness (QED) is 0.632. The van der Waals surface area contributed by atoms with E-state index >= 15 is 0 Å². The Labute approximate surface area is 160 Å². The number of likely N-dealkylation sites (N-methyl/N-ethyl adjacent to an activating group) is 1. The average molecular weight is 412 g/mol. The van der Waals surface area contributed by atoms with E-state index in [0.717, 1.165) is 13.1 Å². The lowest BCUT2D eigenvalue weighted by Crippen LogP contribution is -2.47. The fraction of sp³-hybridized carbons (Fsp3) is 0.933. The van der Waals surface area contributed by atoms with E-state index in [1.165, 1.54) is 4.90 Å². The summed E-state index contributed by atoms with van der Waals surface area (Å²) in [6.45, 7) is 7.95. The molecule has 1 rings (SSSR count). The van der Waals surface area contributed by atoms with Crippen molar-refractivity contribution in [3.63, 3.8) is 0 Å². The summed E-state index contributed by atoms with van der Waals surface area (Å²) < 4.78 is 42.8. The van der Waals surface area contributed by atoms with Crippen LogP contribution in [0.5, 0.6) is 0 Å². The maximum absolute atomic E-state index is 12.5. The summed E-state index contributed by atoms with van der Waals surface area (Å²) in [5.41, 5.74) is 0. The maximum atomic E-state index is 12.5. The molecule has 1 fully saturated rings. The second kappa shape index (κ2) is 13.9. The summed E-state index contributed by atoms with van der Waals surface area (Å²) in [7, 11) is 0. The van der Waals surface area contributed by atoms with Crippen LogP contribution in [0.4, 0.5) is 13.2 Å². The van der Waals surface area contributed by atoms with Crippen molar-refractivity contribution in [2.24, 2.45) is 0 Å². The largest absolute Gasteiger partial charge is 0.390 e. The molecule has 1 aliphatic heterocycles. The van der Waals surface area contributed by atoms with Gasteiger partial charge in [0.25, 0.3) is 0 Å². The van der Waals surface area contributed by atoms with Gasteiger partial charge < -0.3 is 19.9 Å². The number of hydrogen-bond acceptors (Lipinski definition) is 4. The summed E-state index contributed by atoms with van der Waals surface area (Å²) in [6, 6.07) is -0.113. The van der Waals surface area contributed by atoms with Crippen LogP contribution in [0, 0.1) is 0 Å². The predicted octanol–water partition coefficient (Wildman–Crippen LogP) is 2.33. The van der Waals surface area contributed by atoms with E-state index in [1.54, 1.807) is 0 Å². The van der Waals surface area contributed by atoms with Crippen molar-refractivity contribution in [2.45, 2.75) is 38.9 Å². The number of ether oxygens (including phenoxy) is 1. The first-order valence-electron chi connectivity index (χ1n) is 8.23. The molecule has 0 aromatic heterocycles. The van der Waals surface area contributed by atoms with Crippen molar-refractivity contribution in [3.05, 3.63) is 0 Å². The van der Waals surface area contributed by atoms with Crippen molar-refractivity contribution in [3.8, 4) is 0 Å². The summed E-state index contributed by atoms with van der Waals surface area (Å²) in [6.07, 6.45) is -5.04. The van der Waals surface area contributed by atoms with Gasteiger partial charge in [-0.05, 0) is 13.1 Å². The van der Waals surface area contributed by atoms with Crippen molar-refractivity contribution in [1.82, 2.24) is 15.1 Å². The second-order valence-corrected chi connectivity index (χ2v) is 5.70. The lowest BCUT2D eigenvalue weighted by molar-refractivity contribution is -0.146. The van der Waals surface area contributed by atoms with Gasteiger partial charge in [0, 0.05) is 38.6 Å². The van der Waals surface area contributed by atoms with Gasteiger partial charge in [-0.25, -0.2) is 0 Å². The molecule has 1 unspecified atom stereocenters. The van der Waals surface area contributed by atoms with Crippen LogP contribution < -0.4 is 5.32 Å². The molecule has 0 radical (unpaired) electrons. The number of amides is 1. The Morgan fingerprint density at radius 1 is 1.16 bits per heavy atom. The van der Waals surface area contributed by atoms with E-state index in [2.05, 4.69) is 10.2 Å². The van der Waals surface area contributed by atoms with Gasteiger partial charge in [-0.15, -0.1) is 24.8 Å². The number of carbonyl (C=O) groups excluding carboxylic acids is 1. The Morgan fingerprint density at radius 3 is 2.28 bits per heavy atom. The molecule has 0 aromatic carbocycles. The van der Waals surface area contributed by atoms with Crippen molar-refractivity contribution in [1.29, 1.82) is 0 Å². The monoisotopic (exact) mass is 411 g/mol. The Kier molecular flexibility index (Phi) is 14.9. The first-order valence-corrected chi connectivity index (χ1v) is 8.23. The van der Waals surface area contributed by atoms with E-state index in [0.29, 0.717) is 32.8 Å². The van der Waals surface area contributed by atoms with Gasteiger partial charge in [0.1, 0.15) is 0 Å². The molecule has 0 aromatic rings. The molecule has 0 saturated carbocycles. The van der Waals surface area contributed by atoms with Crippen LogP contribution in [0.25, 0.3) is 0 Å². The number of hydrogen-bond donors (Lipinski definition) is 1. The summed E-state index contributed by atoms with van der Waals surface area (Å²) in [5, 5.41) is 3.16. The summed E-state index contributed by atoms with van der Waals surface area (Å²) >= 11 is 0. The molecular formula is C15H30Cl2F3N3O2. The van der Waals surface area contributed by atoms with Gasteiger partial charge in [-0.3, -0.25) is 4.79 Å². The first kappa shape index (κ1) is 26.9. The average Bonchev–Trinajstić information content (AvgIpc) is 2.51. The number of alkyl halides is 3. The molecule has 1 saturated heterocycles. The highest BCUT2D eigenvalue weighted by Crippen LogP contribution is 2.20. The highest BCUT2D eigenvalue weighted by atomic mass is 35.5. The zero-order valence-electron chi connectivity index (χ0n) is 14.8. The Hall–Kier alpha value is -0.280. The summed E-state index contributed by atoms with van der Waals surface area (Å²) in [5.74, 6) is -0.246. The number of rotatable bonds is 9. The van der Waals surface area contributed by atoms with Crippen molar-refractivity contribution >= 4 is 30.7 Å². The number of morpholine rings is 1. The van der Waals surface area contributed by atoms with Crippen LogP contribution in [0.3, 0.4) is 0 Å². The first-order chi connectivity index (χ1) is 10.9. The molecule has 1 N–H and O–H groups in total. The van der Waals surface area contributed by atoms with E-state index in [9.17, 15) is 18.0 Å². The van der Waals surface area contributed by atoms with Gasteiger partial charge in [0.2, 0.25) is 5.91 Å². The van der Waals surface area contributed by atoms with Crippen LogP contribution in [-0.4, -0.2) is 80.4 Å². The van der Waals surface area contributed by atoms with Crippen LogP contribution in [0.1, 0.15) is 26.7 Å². The highest BCUT2D eigenvalue weighted by molar-refractivity contribution is 5.85. The molecule has 152 valence electrons. The molecular weight excluding hydrogens is 382 g/mol. The van der Waals surface area contributed by atoms with Gasteiger partial charge in [0.15, 0.2) is 0 Å². The molecule has 25 heavy (non-hydrogen) atoms. The molecule has 0 spiro atoms. The van der Waals surface area contributed by atoms with Crippen LogP contribution in [-0.2, 0) is 9.53 Å². The maximum Gasteiger partial charge on any atom is 0.390 e. The number of nitrogens with one attached hydrogen (secondary N) is 1. The lowest BCUT2D eigenvalue weighted by Gasteiger charge is -2.29. The number of nitrogens with zero attached hydrogens (tertiary/aromatic N) is 2. The SMILES string of the molecule is CCN(CC)CCN(CCC(F)(F)F)C(=O)CC1COCCN1.Cl.Cl. The molecule has 1 amide bonds. The molecule has 1 heterocycles. The Balaban J connectivity index is 0. The molecule has 0 bridgehead atoms. The number of halogens is 5. The van der Waals surface area contributed by atoms with Gasteiger partial charge in [-0.1, -0.05) is 13.8 Å². The van der Waals surface area contributed by atoms with Crippen molar-refractivity contribution < 1.29 is 22.7 Å². The normalized spacial score (nSPS) is 17.6. The smallest absolute Gasteiger partial charge is 0.378 e. The Morgan fingerprint density at radius 2 is 1.80 bits per heavy atom. The van der Waals surface area contributed by atoms with Crippen molar-refractivity contribution in [2.75, 3.05) is 52.5 Å². The third-order valence-corrected chi connectivity index (χ3v) is 4.02. The minimum Gasteiger partial charge on any atom is -0.378 e. The minimum absolute atomic E-state index is 0. The fourth-order valence-electron chi connectivity index (χ4n) is 2.52. The van der Waals surface area contributed by atoms with Crippen LogP contribution >= 0.6 is 24.8 Å². The standard InChI is InChI=1S/C15H28F3N3O2.2ClH/c1-3-20(4-2)8-9-21(7-5-15(16,17)18)14(22)11-13-12-23-10-6-19-13;;/h13,19H,3-12H2,1-2H3;2*1H. The lowest BCUT2D eigenvalue weighted by atomic mass is 10.1. The zero-order valence-corrected chi connectivity index (χ0v) is 16.4. The van der Waals surface area contributed by atoms with E-state index < -0.39 is 12.6 Å². The zero-order chi connectivity index (χ0) is 17.3. The van der Waals surface area contributed by atoms with Crippen LogP contribution in [0.2, 0.25) is 0 Å². The highest BCUT2D eigenvalue weighted by Gasteiger charge is 2.29. The van der Waals surface area contributed by atoms with E-state index in [4.69, 9.17) is 4.74 Å².